The van der Waals surface area contributed by atoms with Gasteiger partial charge >= 0.3 is 0 Å². The van der Waals surface area contributed by atoms with Crippen molar-refractivity contribution in [3.8, 4) is 0 Å². The molecule has 2 heterocycles. The average molecular weight is 341 g/mol. The van der Waals surface area contributed by atoms with E-state index < -0.39 is 0 Å². The summed E-state index contributed by atoms with van der Waals surface area (Å²) in [7, 11) is 0. The minimum atomic E-state index is -0.157. The van der Waals surface area contributed by atoms with Crippen LogP contribution in [0.1, 0.15) is 31.4 Å². The van der Waals surface area contributed by atoms with Crippen LogP contribution in [-0.4, -0.2) is 45.3 Å². The van der Waals surface area contributed by atoms with Gasteiger partial charge in [0.05, 0.1) is 12.6 Å². The van der Waals surface area contributed by atoms with Crippen molar-refractivity contribution in [2.75, 3.05) is 6.54 Å². The highest BCUT2D eigenvalue weighted by atomic mass is 16.2. The smallest absolute Gasteiger partial charge is 0.237 e. The number of nitrogens with two attached hydrogens (primary N) is 1. The fraction of sp³-hybridized carbons (Fsp3) is 0.474. The highest BCUT2D eigenvalue weighted by Crippen LogP contribution is 2.22. The molecule has 2 aromatic rings. The van der Waals surface area contributed by atoms with Crippen LogP contribution >= 0.6 is 0 Å². The van der Waals surface area contributed by atoms with Gasteiger partial charge in [0.15, 0.2) is 0 Å². The second kappa shape index (κ2) is 7.80. The molecule has 1 amide bonds. The Morgan fingerprint density at radius 2 is 2.00 bits per heavy atom. The first kappa shape index (κ1) is 17.6. The van der Waals surface area contributed by atoms with Crippen LogP contribution in [0.2, 0.25) is 0 Å². The molecule has 1 saturated heterocycles. The standard InChI is InChI=1S/C19H27N5O/c1-14(2)22-19(25)18-10-17(20)13-23(18)11-15-6-3-4-7-16(15)12-24-9-5-8-21-24/h3-9,14,17-18H,10-13,20H2,1-2H3,(H,22,25)/t17-,18+/m1/s1. The summed E-state index contributed by atoms with van der Waals surface area (Å²) in [4.78, 5) is 14.7. The maximum absolute atomic E-state index is 12.5. The summed E-state index contributed by atoms with van der Waals surface area (Å²) in [6.45, 7) is 6.16. The molecule has 0 bridgehead atoms. The van der Waals surface area contributed by atoms with Gasteiger partial charge in [0.1, 0.15) is 0 Å². The van der Waals surface area contributed by atoms with Gasteiger partial charge in [0, 0.05) is 37.6 Å². The van der Waals surface area contributed by atoms with Crippen molar-refractivity contribution in [2.24, 2.45) is 5.73 Å². The first-order valence-electron chi connectivity index (χ1n) is 8.87. The Labute approximate surface area is 149 Å². The van der Waals surface area contributed by atoms with Crippen molar-refractivity contribution in [1.82, 2.24) is 20.0 Å². The molecule has 1 aliphatic heterocycles. The van der Waals surface area contributed by atoms with Crippen LogP contribution in [0.5, 0.6) is 0 Å². The van der Waals surface area contributed by atoms with E-state index in [2.05, 4.69) is 27.4 Å². The number of hydrogen-bond donors (Lipinski definition) is 2. The lowest BCUT2D eigenvalue weighted by Crippen LogP contribution is -2.45. The van der Waals surface area contributed by atoms with E-state index in [9.17, 15) is 4.79 Å². The predicted octanol–water partition coefficient (Wildman–Crippen LogP) is 1.36. The van der Waals surface area contributed by atoms with Gasteiger partial charge in [0.2, 0.25) is 5.91 Å². The molecular formula is C19H27N5O. The first-order valence-corrected chi connectivity index (χ1v) is 8.87. The third kappa shape index (κ3) is 4.46. The summed E-state index contributed by atoms with van der Waals surface area (Å²) in [6.07, 6.45) is 4.45. The van der Waals surface area contributed by atoms with Crippen molar-refractivity contribution >= 4 is 5.91 Å². The van der Waals surface area contributed by atoms with Crippen molar-refractivity contribution in [2.45, 2.75) is 51.5 Å². The number of amides is 1. The Bertz CT molecular complexity index is 698. The molecule has 1 aromatic heterocycles. The van der Waals surface area contributed by atoms with Gasteiger partial charge in [-0.3, -0.25) is 14.4 Å². The van der Waals surface area contributed by atoms with Gasteiger partial charge < -0.3 is 11.1 Å². The monoisotopic (exact) mass is 341 g/mol. The van der Waals surface area contributed by atoms with E-state index in [1.165, 1.54) is 11.1 Å². The molecule has 134 valence electrons. The Morgan fingerprint density at radius 1 is 1.28 bits per heavy atom. The summed E-state index contributed by atoms with van der Waals surface area (Å²) in [5, 5.41) is 7.31. The van der Waals surface area contributed by atoms with E-state index in [1.54, 1.807) is 6.20 Å². The zero-order valence-electron chi connectivity index (χ0n) is 14.9. The van der Waals surface area contributed by atoms with Crippen LogP contribution in [0.4, 0.5) is 0 Å². The first-order chi connectivity index (χ1) is 12.0. The van der Waals surface area contributed by atoms with Crippen LogP contribution < -0.4 is 11.1 Å². The van der Waals surface area contributed by atoms with Crippen LogP contribution in [0.3, 0.4) is 0 Å². The minimum absolute atomic E-state index is 0.0428. The maximum atomic E-state index is 12.5. The predicted molar refractivity (Wildman–Crippen MR) is 97.8 cm³/mol. The number of carbonyl (C=O) groups is 1. The van der Waals surface area contributed by atoms with Gasteiger partial charge in [-0.15, -0.1) is 0 Å². The molecule has 6 nitrogen and oxygen atoms in total. The highest BCUT2D eigenvalue weighted by molar-refractivity contribution is 5.82. The SMILES string of the molecule is CC(C)NC(=O)[C@@H]1C[C@@H](N)CN1Cc1ccccc1Cn1cccn1. The molecule has 0 radical (unpaired) electrons. The molecule has 1 aliphatic rings. The average Bonchev–Trinajstić information content (AvgIpc) is 3.18. The third-order valence-corrected chi connectivity index (χ3v) is 4.55. The zero-order chi connectivity index (χ0) is 17.8. The molecule has 0 aliphatic carbocycles. The van der Waals surface area contributed by atoms with E-state index in [4.69, 9.17) is 5.73 Å². The van der Waals surface area contributed by atoms with E-state index >= 15 is 0 Å². The van der Waals surface area contributed by atoms with Gasteiger partial charge in [-0.1, -0.05) is 24.3 Å². The second-order valence-electron chi connectivity index (χ2n) is 7.08. The lowest BCUT2D eigenvalue weighted by molar-refractivity contribution is -0.126. The molecule has 3 rings (SSSR count). The van der Waals surface area contributed by atoms with Gasteiger partial charge in [-0.05, 0) is 37.5 Å². The van der Waals surface area contributed by atoms with Crippen molar-refractivity contribution in [3.05, 3.63) is 53.9 Å². The van der Waals surface area contributed by atoms with Crippen LogP contribution in [-0.2, 0) is 17.9 Å². The molecule has 0 unspecified atom stereocenters. The normalized spacial score (nSPS) is 21.0. The largest absolute Gasteiger partial charge is 0.353 e. The Balaban J connectivity index is 1.75. The van der Waals surface area contributed by atoms with Crippen LogP contribution in [0.15, 0.2) is 42.7 Å². The number of benzene rings is 1. The Morgan fingerprint density at radius 3 is 2.64 bits per heavy atom. The third-order valence-electron chi connectivity index (χ3n) is 4.55. The summed E-state index contributed by atoms with van der Waals surface area (Å²) in [6, 6.07) is 10.3. The van der Waals surface area contributed by atoms with Crippen molar-refractivity contribution in [3.63, 3.8) is 0 Å². The summed E-state index contributed by atoms with van der Waals surface area (Å²) < 4.78 is 1.91. The minimum Gasteiger partial charge on any atom is -0.353 e. The van der Waals surface area contributed by atoms with E-state index in [0.717, 1.165) is 19.6 Å². The molecular weight excluding hydrogens is 314 g/mol. The maximum Gasteiger partial charge on any atom is 0.237 e. The lowest BCUT2D eigenvalue weighted by Gasteiger charge is -2.25. The molecule has 1 aromatic carbocycles. The molecule has 3 N–H and O–H groups in total. The second-order valence-corrected chi connectivity index (χ2v) is 7.08. The number of nitrogens with one attached hydrogen (secondary N) is 1. The molecule has 6 heteroatoms. The van der Waals surface area contributed by atoms with Crippen molar-refractivity contribution < 1.29 is 4.79 Å². The van der Waals surface area contributed by atoms with Gasteiger partial charge in [0.25, 0.3) is 0 Å². The topological polar surface area (TPSA) is 76.2 Å². The van der Waals surface area contributed by atoms with E-state index in [-0.39, 0.29) is 24.0 Å². The lowest BCUT2D eigenvalue weighted by atomic mass is 10.1. The summed E-state index contributed by atoms with van der Waals surface area (Å²) >= 11 is 0. The Hall–Kier alpha value is -2.18. The quantitative estimate of drug-likeness (QED) is 0.832. The van der Waals surface area contributed by atoms with Gasteiger partial charge in [-0.2, -0.15) is 5.10 Å². The number of aromatic nitrogens is 2. The molecule has 25 heavy (non-hydrogen) atoms. The number of likely N-dealkylation sites (tertiary alicyclic amines) is 1. The highest BCUT2D eigenvalue weighted by Gasteiger charge is 2.35. The summed E-state index contributed by atoms with van der Waals surface area (Å²) in [5.74, 6) is 0.0764. The molecule has 0 saturated carbocycles. The molecule has 1 fully saturated rings. The number of carbonyl (C=O) groups excluding carboxylic acids is 1. The number of rotatable bonds is 6. The fourth-order valence-electron chi connectivity index (χ4n) is 3.42. The number of nitrogens with zero attached hydrogens (tertiary/aromatic N) is 3. The summed E-state index contributed by atoms with van der Waals surface area (Å²) in [5.41, 5.74) is 8.58. The zero-order valence-corrected chi connectivity index (χ0v) is 14.9. The van der Waals surface area contributed by atoms with E-state index in [1.807, 2.05) is 42.9 Å². The van der Waals surface area contributed by atoms with E-state index in [0.29, 0.717) is 6.42 Å². The number of hydrogen-bond acceptors (Lipinski definition) is 4. The van der Waals surface area contributed by atoms with Crippen LogP contribution in [0, 0.1) is 0 Å². The van der Waals surface area contributed by atoms with Crippen molar-refractivity contribution in [1.29, 1.82) is 0 Å². The van der Waals surface area contributed by atoms with Gasteiger partial charge in [-0.25, -0.2) is 0 Å². The molecule has 0 spiro atoms. The fourth-order valence-corrected chi connectivity index (χ4v) is 3.42. The molecule has 2 atom stereocenters. The van der Waals surface area contributed by atoms with Crippen LogP contribution in [0.25, 0.3) is 0 Å². The Kier molecular flexibility index (Phi) is 5.50.